The monoisotopic (exact) mass is 217 g/mol. The predicted octanol–water partition coefficient (Wildman–Crippen LogP) is 3.11. The van der Waals surface area contributed by atoms with Crippen LogP contribution in [0.3, 0.4) is 0 Å². The minimum Gasteiger partial charge on any atom is -0.326 e. The van der Waals surface area contributed by atoms with E-state index < -0.39 is 0 Å². The summed E-state index contributed by atoms with van der Waals surface area (Å²) in [7, 11) is 0. The van der Waals surface area contributed by atoms with Gasteiger partial charge >= 0.3 is 0 Å². The van der Waals surface area contributed by atoms with Crippen molar-refractivity contribution in [1.29, 1.82) is 0 Å². The number of hydrogen-bond acceptors (Lipinski definition) is 2. The number of thiophene rings is 1. The van der Waals surface area contributed by atoms with Crippen LogP contribution in [0.1, 0.15) is 21.6 Å². The molecule has 0 amide bonds. The fraction of sp³-hybridized carbons (Fsp3) is 0.231. The molecular weight excluding hydrogens is 202 g/mol. The summed E-state index contributed by atoms with van der Waals surface area (Å²) < 4.78 is 0. The highest BCUT2D eigenvalue weighted by atomic mass is 32.1. The molecule has 0 fully saturated rings. The van der Waals surface area contributed by atoms with E-state index in [1.54, 1.807) is 0 Å². The third kappa shape index (κ3) is 2.46. The lowest BCUT2D eigenvalue weighted by Crippen LogP contribution is -1.97. The summed E-state index contributed by atoms with van der Waals surface area (Å²) in [5.41, 5.74) is 9.57. The van der Waals surface area contributed by atoms with E-state index in [1.807, 2.05) is 11.3 Å². The van der Waals surface area contributed by atoms with Gasteiger partial charge in [0.1, 0.15) is 0 Å². The third-order valence-corrected chi connectivity index (χ3v) is 3.58. The first-order valence-electron chi connectivity index (χ1n) is 5.10. The quantitative estimate of drug-likeness (QED) is 0.840. The van der Waals surface area contributed by atoms with Gasteiger partial charge in [-0.15, -0.1) is 11.3 Å². The summed E-state index contributed by atoms with van der Waals surface area (Å²) in [5.74, 6) is 0. The number of nitrogens with two attached hydrogens (primary N) is 1. The van der Waals surface area contributed by atoms with E-state index in [4.69, 9.17) is 5.73 Å². The number of benzene rings is 1. The molecule has 0 atom stereocenters. The fourth-order valence-electron chi connectivity index (χ4n) is 1.64. The summed E-state index contributed by atoms with van der Waals surface area (Å²) in [4.78, 5) is 1.45. The van der Waals surface area contributed by atoms with Crippen molar-refractivity contribution in [1.82, 2.24) is 0 Å². The molecule has 0 spiro atoms. The molecule has 0 aliphatic heterocycles. The van der Waals surface area contributed by atoms with Gasteiger partial charge in [-0.05, 0) is 35.1 Å². The molecule has 0 saturated heterocycles. The standard InChI is InChI=1S/C13H15NS/c1-10-5-6-15-13(10)8-11-3-2-4-12(7-11)9-14/h2-7H,8-9,14H2,1H3. The Balaban J connectivity index is 2.21. The van der Waals surface area contributed by atoms with E-state index in [0.717, 1.165) is 6.42 Å². The van der Waals surface area contributed by atoms with Gasteiger partial charge in [0.15, 0.2) is 0 Å². The Morgan fingerprint density at radius 3 is 2.67 bits per heavy atom. The van der Waals surface area contributed by atoms with Crippen molar-refractivity contribution < 1.29 is 0 Å². The van der Waals surface area contributed by atoms with E-state index in [1.165, 1.54) is 21.6 Å². The Labute approximate surface area is 94.6 Å². The second-order valence-electron chi connectivity index (χ2n) is 3.73. The number of hydrogen-bond donors (Lipinski definition) is 1. The van der Waals surface area contributed by atoms with Crippen LogP contribution in [0.25, 0.3) is 0 Å². The molecule has 1 heterocycles. The first-order valence-corrected chi connectivity index (χ1v) is 5.98. The third-order valence-electron chi connectivity index (χ3n) is 2.56. The van der Waals surface area contributed by atoms with Crippen LogP contribution in [0.5, 0.6) is 0 Å². The summed E-state index contributed by atoms with van der Waals surface area (Å²) in [6, 6.07) is 10.7. The first-order chi connectivity index (χ1) is 7.29. The van der Waals surface area contributed by atoms with Crippen LogP contribution >= 0.6 is 11.3 Å². The Kier molecular flexibility index (Phi) is 3.19. The van der Waals surface area contributed by atoms with Crippen LogP contribution in [0, 0.1) is 6.92 Å². The molecule has 0 bridgehead atoms. The average molecular weight is 217 g/mol. The van der Waals surface area contributed by atoms with Crippen molar-refractivity contribution in [2.75, 3.05) is 0 Å². The Hall–Kier alpha value is -1.12. The molecule has 0 unspecified atom stereocenters. The van der Waals surface area contributed by atoms with Gasteiger partial charge < -0.3 is 5.73 Å². The van der Waals surface area contributed by atoms with Crippen molar-refractivity contribution >= 4 is 11.3 Å². The predicted molar refractivity (Wildman–Crippen MR) is 66.2 cm³/mol. The van der Waals surface area contributed by atoms with Crippen LogP contribution in [-0.2, 0) is 13.0 Å². The maximum absolute atomic E-state index is 5.62. The van der Waals surface area contributed by atoms with Crippen LogP contribution in [-0.4, -0.2) is 0 Å². The van der Waals surface area contributed by atoms with Gasteiger partial charge in [-0.2, -0.15) is 0 Å². The highest BCUT2D eigenvalue weighted by Gasteiger charge is 2.01. The Morgan fingerprint density at radius 2 is 2.00 bits per heavy atom. The molecule has 78 valence electrons. The number of rotatable bonds is 3. The summed E-state index contributed by atoms with van der Waals surface area (Å²) in [6.07, 6.45) is 1.03. The largest absolute Gasteiger partial charge is 0.326 e. The molecule has 2 heteroatoms. The average Bonchev–Trinajstić information content (AvgIpc) is 2.65. The molecule has 1 nitrogen and oxygen atoms in total. The molecule has 0 radical (unpaired) electrons. The zero-order valence-corrected chi connectivity index (χ0v) is 9.68. The van der Waals surface area contributed by atoms with Gasteiger partial charge in [-0.25, -0.2) is 0 Å². The van der Waals surface area contributed by atoms with Gasteiger partial charge in [0, 0.05) is 17.8 Å². The topological polar surface area (TPSA) is 26.0 Å². The van der Waals surface area contributed by atoms with Crippen molar-refractivity contribution in [3.05, 3.63) is 57.3 Å². The minimum atomic E-state index is 0.622. The normalized spacial score (nSPS) is 10.5. The lowest BCUT2D eigenvalue weighted by atomic mass is 10.1. The van der Waals surface area contributed by atoms with E-state index in [0.29, 0.717) is 6.54 Å². The van der Waals surface area contributed by atoms with Crippen LogP contribution in [0.4, 0.5) is 0 Å². The summed E-state index contributed by atoms with van der Waals surface area (Å²) >= 11 is 1.83. The molecule has 1 aromatic carbocycles. The van der Waals surface area contributed by atoms with E-state index in [2.05, 4.69) is 42.6 Å². The lowest BCUT2D eigenvalue weighted by molar-refractivity contribution is 1.06. The fourth-order valence-corrected chi connectivity index (χ4v) is 2.58. The maximum atomic E-state index is 5.62. The smallest absolute Gasteiger partial charge is 0.0178 e. The van der Waals surface area contributed by atoms with Crippen LogP contribution < -0.4 is 5.73 Å². The molecular formula is C13H15NS. The molecule has 0 aliphatic carbocycles. The molecule has 0 saturated carbocycles. The van der Waals surface area contributed by atoms with Gasteiger partial charge in [0.25, 0.3) is 0 Å². The van der Waals surface area contributed by atoms with Gasteiger partial charge in [-0.3, -0.25) is 0 Å². The van der Waals surface area contributed by atoms with Gasteiger partial charge in [0.2, 0.25) is 0 Å². The SMILES string of the molecule is Cc1ccsc1Cc1cccc(CN)c1. The molecule has 2 aromatic rings. The van der Waals surface area contributed by atoms with E-state index in [9.17, 15) is 0 Å². The van der Waals surface area contributed by atoms with E-state index in [-0.39, 0.29) is 0 Å². The van der Waals surface area contributed by atoms with Crippen molar-refractivity contribution in [3.8, 4) is 0 Å². The molecule has 2 rings (SSSR count). The summed E-state index contributed by atoms with van der Waals surface area (Å²) in [5, 5.41) is 2.15. The lowest BCUT2D eigenvalue weighted by Gasteiger charge is -2.03. The summed E-state index contributed by atoms with van der Waals surface area (Å²) in [6.45, 7) is 2.79. The number of aryl methyl sites for hydroxylation is 1. The van der Waals surface area contributed by atoms with Crippen LogP contribution in [0.15, 0.2) is 35.7 Å². The second kappa shape index (κ2) is 4.60. The van der Waals surface area contributed by atoms with Gasteiger partial charge in [-0.1, -0.05) is 24.3 Å². The minimum absolute atomic E-state index is 0.622. The zero-order valence-electron chi connectivity index (χ0n) is 8.86. The highest BCUT2D eigenvalue weighted by molar-refractivity contribution is 7.10. The maximum Gasteiger partial charge on any atom is 0.0178 e. The molecule has 15 heavy (non-hydrogen) atoms. The van der Waals surface area contributed by atoms with Crippen LogP contribution in [0.2, 0.25) is 0 Å². The first kappa shape index (κ1) is 10.4. The highest BCUT2D eigenvalue weighted by Crippen LogP contribution is 2.20. The molecule has 2 N–H and O–H groups in total. The van der Waals surface area contributed by atoms with Crippen molar-refractivity contribution in [3.63, 3.8) is 0 Å². The molecule has 0 aliphatic rings. The second-order valence-corrected chi connectivity index (χ2v) is 4.73. The Morgan fingerprint density at radius 1 is 1.20 bits per heavy atom. The van der Waals surface area contributed by atoms with Crippen molar-refractivity contribution in [2.45, 2.75) is 19.9 Å². The van der Waals surface area contributed by atoms with Gasteiger partial charge in [0.05, 0.1) is 0 Å². The van der Waals surface area contributed by atoms with Crippen molar-refractivity contribution in [2.24, 2.45) is 5.73 Å². The van der Waals surface area contributed by atoms with E-state index >= 15 is 0 Å². The Bertz CT molecular complexity index is 445. The zero-order chi connectivity index (χ0) is 10.7. The molecule has 1 aromatic heterocycles.